The van der Waals surface area contributed by atoms with Gasteiger partial charge < -0.3 is 9.52 Å². The molecule has 0 spiro atoms. The Labute approximate surface area is 110 Å². The molecule has 0 aliphatic rings. The lowest BCUT2D eigenvalue weighted by molar-refractivity contribution is -0.401. The summed E-state index contributed by atoms with van der Waals surface area (Å²) in [5.41, 5.74) is 0.448. The second kappa shape index (κ2) is 4.16. The van der Waals surface area contributed by atoms with Crippen LogP contribution in [-0.4, -0.2) is 30.6 Å². The Bertz CT molecular complexity index is 834. The van der Waals surface area contributed by atoms with Crippen molar-refractivity contribution in [2.45, 2.75) is 0 Å². The van der Waals surface area contributed by atoms with Gasteiger partial charge in [-0.15, -0.1) is 10.2 Å². The van der Waals surface area contributed by atoms with Crippen LogP contribution in [0.1, 0.15) is 10.4 Å². The zero-order chi connectivity index (χ0) is 14.3. The summed E-state index contributed by atoms with van der Waals surface area (Å²) < 4.78 is 6.42. The molecule has 1 N–H and O–H groups in total. The molecule has 0 atom stereocenters. The minimum atomic E-state index is -1.10. The summed E-state index contributed by atoms with van der Waals surface area (Å²) >= 11 is 0. The normalized spacial score (nSPS) is 10.8. The Morgan fingerprint density at radius 3 is 2.75 bits per heavy atom. The molecule has 0 aromatic carbocycles. The first-order chi connectivity index (χ1) is 9.56. The van der Waals surface area contributed by atoms with Crippen LogP contribution in [0.3, 0.4) is 0 Å². The van der Waals surface area contributed by atoms with Crippen LogP contribution in [0.5, 0.6) is 0 Å². The molecule has 0 bridgehead atoms. The number of aromatic carboxylic acids is 1. The Morgan fingerprint density at radius 1 is 1.30 bits per heavy atom. The molecule has 0 aliphatic heterocycles. The smallest absolute Gasteiger partial charge is 0.433 e. The van der Waals surface area contributed by atoms with Crippen molar-refractivity contribution in [3.8, 4) is 11.6 Å². The third-order valence-electron chi connectivity index (χ3n) is 2.64. The second-order valence-corrected chi connectivity index (χ2v) is 3.87. The Hall–Kier alpha value is -3.23. The van der Waals surface area contributed by atoms with Crippen molar-refractivity contribution in [3.63, 3.8) is 0 Å². The molecule has 0 saturated heterocycles. The van der Waals surface area contributed by atoms with Crippen LogP contribution in [0.2, 0.25) is 0 Å². The van der Waals surface area contributed by atoms with Gasteiger partial charge in [-0.1, -0.05) is 0 Å². The lowest BCUT2D eigenvalue weighted by Crippen LogP contribution is -1.99. The number of aromatic nitrogens is 3. The van der Waals surface area contributed by atoms with Crippen LogP contribution in [-0.2, 0) is 0 Å². The molecule has 3 rings (SSSR count). The molecule has 3 aromatic rings. The first kappa shape index (κ1) is 11.8. The Morgan fingerprint density at radius 2 is 2.10 bits per heavy atom. The van der Waals surface area contributed by atoms with Crippen LogP contribution in [0.15, 0.2) is 34.9 Å². The fourth-order valence-electron chi connectivity index (χ4n) is 1.73. The van der Waals surface area contributed by atoms with Crippen molar-refractivity contribution in [1.29, 1.82) is 0 Å². The maximum absolute atomic E-state index is 10.9. The molecule has 9 heteroatoms. The summed E-state index contributed by atoms with van der Waals surface area (Å²) in [4.78, 5) is 20.9. The number of nitrogens with zero attached hydrogens (tertiary/aromatic N) is 4. The van der Waals surface area contributed by atoms with Crippen molar-refractivity contribution >= 4 is 17.5 Å². The molecular formula is C11H6N4O5. The highest BCUT2D eigenvalue weighted by Crippen LogP contribution is 2.25. The topological polar surface area (TPSA) is 124 Å². The summed E-state index contributed by atoms with van der Waals surface area (Å²) in [5, 5.41) is 27.2. The van der Waals surface area contributed by atoms with E-state index in [0.717, 1.165) is 0 Å². The quantitative estimate of drug-likeness (QED) is 0.568. The third-order valence-corrected chi connectivity index (χ3v) is 2.64. The lowest BCUT2D eigenvalue weighted by Gasteiger charge is -1.98. The number of nitro groups is 1. The Balaban J connectivity index is 2.17. The summed E-state index contributed by atoms with van der Waals surface area (Å²) in [6, 6.07) is 5.44. The molecule has 20 heavy (non-hydrogen) atoms. The highest BCUT2D eigenvalue weighted by molar-refractivity contribution is 5.87. The predicted molar refractivity (Wildman–Crippen MR) is 64.3 cm³/mol. The zero-order valence-electron chi connectivity index (χ0n) is 9.76. The van der Waals surface area contributed by atoms with E-state index in [2.05, 4.69) is 10.2 Å². The summed E-state index contributed by atoms with van der Waals surface area (Å²) in [5.74, 6) is -1.20. The van der Waals surface area contributed by atoms with Gasteiger partial charge in [-0.3, -0.25) is 14.5 Å². The van der Waals surface area contributed by atoms with Gasteiger partial charge in [0.15, 0.2) is 11.4 Å². The van der Waals surface area contributed by atoms with Gasteiger partial charge in [-0.05, 0) is 18.2 Å². The van der Waals surface area contributed by atoms with E-state index in [0.29, 0.717) is 5.65 Å². The van der Waals surface area contributed by atoms with Crippen LogP contribution in [0, 0.1) is 10.1 Å². The van der Waals surface area contributed by atoms with Crippen molar-refractivity contribution in [3.05, 3.63) is 46.1 Å². The van der Waals surface area contributed by atoms with Crippen molar-refractivity contribution in [2.75, 3.05) is 0 Å². The standard InChI is InChI=1S/C11H6N4O5/c16-11(17)6-1-3-8-12-13-10(14(8)5-6)7-2-4-9(20-7)15(18)19/h1-5H,(H,16,17). The van der Waals surface area contributed by atoms with Gasteiger partial charge in [0, 0.05) is 6.20 Å². The van der Waals surface area contributed by atoms with E-state index in [4.69, 9.17) is 9.52 Å². The molecule has 0 aliphatic carbocycles. The SMILES string of the molecule is O=C(O)c1ccc2nnc(-c3ccc([N+](=O)[O-])o3)n2c1. The maximum Gasteiger partial charge on any atom is 0.433 e. The van der Waals surface area contributed by atoms with Crippen LogP contribution < -0.4 is 0 Å². The van der Waals surface area contributed by atoms with Crippen molar-refractivity contribution < 1.29 is 19.2 Å². The monoisotopic (exact) mass is 274 g/mol. The number of furan rings is 1. The van der Waals surface area contributed by atoms with Crippen LogP contribution >= 0.6 is 0 Å². The average Bonchev–Trinajstić information content (AvgIpc) is 3.03. The van der Waals surface area contributed by atoms with Gasteiger partial charge in [-0.2, -0.15) is 0 Å². The number of fused-ring (bicyclic) bond motifs is 1. The van der Waals surface area contributed by atoms with Crippen LogP contribution in [0.25, 0.3) is 17.2 Å². The minimum absolute atomic E-state index is 0.0413. The highest BCUT2D eigenvalue weighted by Gasteiger charge is 2.18. The van der Waals surface area contributed by atoms with E-state index < -0.39 is 16.8 Å². The number of carbonyl (C=O) groups is 1. The van der Waals surface area contributed by atoms with Crippen LogP contribution in [0.4, 0.5) is 5.88 Å². The molecule has 3 aromatic heterocycles. The fraction of sp³-hybridized carbons (Fsp3) is 0. The Kier molecular flexibility index (Phi) is 2.46. The molecule has 100 valence electrons. The van der Waals surface area contributed by atoms with E-state index in [1.165, 1.54) is 34.9 Å². The number of carboxylic acid groups (broad SMARTS) is 1. The van der Waals surface area contributed by atoms with Gasteiger partial charge >= 0.3 is 11.9 Å². The number of pyridine rings is 1. The first-order valence-corrected chi connectivity index (χ1v) is 5.39. The van der Waals surface area contributed by atoms with Gasteiger partial charge in [0.1, 0.15) is 4.92 Å². The molecule has 0 fully saturated rings. The van der Waals surface area contributed by atoms with E-state index in [1.54, 1.807) is 0 Å². The fourth-order valence-corrected chi connectivity index (χ4v) is 1.73. The highest BCUT2D eigenvalue weighted by atomic mass is 16.6. The van der Waals surface area contributed by atoms with E-state index in [1.807, 2.05) is 0 Å². The van der Waals surface area contributed by atoms with E-state index in [-0.39, 0.29) is 17.1 Å². The molecule has 9 nitrogen and oxygen atoms in total. The lowest BCUT2D eigenvalue weighted by atomic mass is 10.3. The van der Waals surface area contributed by atoms with E-state index >= 15 is 0 Å². The predicted octanol–water partition coefficient (Wildman–Crippen LogP) is 1.60. The van der Waals surface area contributed by atoms with Gasteiger partial charge in [0.25, 0.3) is 0 Å². The summed E-state index contributed by atoms with van der Waals surface area (Å²) in [7, 11) is 0. The molecule has 0 radical (unpaired) electrons. The number of hydrogen-bond acceptors (Lipinski definition) is 6. The molecular weight excluding hydrogens is 268 g/mol. The largest absolute Gasteiger partial charge is 0.478 e. The second-order valence-electron chi connectivity index (χ2n) is 3.87. The average molecular weight is 274 g/mol. The zero-order valence-corrected chi connectivity index (χ0v) is 9.76. The number of rotatable bonds is 3. The van der Waals surface area contributed by atoms with Crippen molar-refractivity contribution in [2.24, 2.45) is 0 Å². The summed E-state index contributed by atoms with van der Waals surface area (Å²) in [6.07, 6.45) is 1.32. The molecule has 0 unspecified atom stereocenters. The molecule has 0 amide bonds. The summed E-state index contributed by atoms with van der Waals surface area (Å²) in [6.45, 7) is 0. The minimum Gasteiger partial charge on any atom is -0.478 e. The third kappa shape index (κ3) is 1.77. The maximum atomic E-state index is 10.9. The molecule has 3 heterocycles. The van der Waals surface area contributed by atoms with Gasteiger partial charge in [0.05, 0.1) is 11.6 Å². The van der Waals surface area contributed by atoms with Gasteiger partial charge in [-0.25, -0.2) is 4.79 Å². The number of hydrogen-bond donors (Lipinski definition) is 1. The number of carboxylic acids is 1. The van der Waals surface area contributed by atoms with E-state index in [9.17, 15) is 14.9 Å². The molecule has 0 saturated carbocycles. The van der Waals surface area contributed by atoms with Gasteiger partial charge in [0.2, 0.25) is 5.82 Å². The van der Waals surface area contributed by atoms with Crippen molar-refractivity contribution in [1.82, 2.24) is 14.6 Å². The first-order valence-electron chi connectivity index (χ1n) is 5.39.